The Morgan fingerprint density at radius 2 is 0.985 bits per heavy atom. The number of nitrogen functional groups attached to an aromatic ring is 2. The molecule has 0 aliphatic heterocycles. The molecule has 0 radical (unpaired) electrons. The molecule has 322 valence electrons. The van der Waals surface area contributed by atoms with Crippen molar-refractivity contribution in [3.8, 4) is 0 Å². The van der Waals surface area contributed by atoms with Crippen LogP contribution in [-0.2, 0) is 44.9 Å². The molecule has 25 nitrogen and oxygen atoms in total. The number of carbonyl (C=O) groups is 9. The summed E-state index contributed by atoms with van der Waals surface area (Å²) >= 11 is 0. The van der Waals surface area contributed by atoms with E-state index in [1.165, 1.54) is 18.3 Å². The van der Waals surface area contributed by atoms with Gasteiger partial charge in [0.15, 0.2) is 17.0 Å². The van der Waals surface area contributed by atoms with Crippen molar-refractivity contribution in [1.29, 1.82) is 0 Å². The molecule has 0 unspecified atom stereocenters. The van der Waals surface area contributed by atoms with Gasteiger partial charge in [-0.05, 0) is 56.4 Å². The van der Waals surface area contributed by atoms with Crippen LogP contribution in [0.15, 0.2) is 30.5 Å². The van der Waals surface area contributed by atoms with Gasteiger partial charge in [-0.15, -0.1) is 0 Å². The van der Waals surface area contributed by atoms with E-state index in [1.54, 1.807) is 24.1 Å². The second kappa shape index (κ2) is 32.9. The van der Waals surface area contributed by atoms with Crippen molar-refractivity contribution >= 4 is 82.1 Å². The van der Waals surface area contributed by atoms with Gasteiger partial charge in [0, 0.05) is 43.5 Å². The molecule has 2 aromatic heterocycles. The van der Waals surface area contributed by atoms with Gasteiger partial charge < -0.3 is 87.1 Å². The van der Waals surface area contributed by atoms with E-state index in [-0.39, 0.29) is 183 Å². The molecule has 65 heavy (non-hydrogen) atoms. The zero-order chi connectivity index (χ0) is 44.7. The van der Waals surface area contributed by atoms with Crippen molar-refractivity contribution in [2.75, 3.05) is 23.4 Å². The Balaban J connectivity index is -0.00000769. The number of carboxylic acid groups (broad SMARTS) is 5. The predicted molar refractivity (Wildman–Crippen MR) is 192 cm³/mol. The Kier molecular flexibility index (Phi) is 33.7. The summed E-state index contributed by atoms with van der Waals surface area (Å²) in [5.74, 6) is -12.8. The van der Waals surface area contributed by atoms with E-state index in [2.05, 4.69) is 25.3 Å². The van der Waals surface area contributed by atoms with E-state index >= 15 is 0 Å². The third kappa shape index (κ3) is 23.2. The van der Waals surface area contributed by atoms with Crippen LogP contribution in [0.5, 0.6) is 0 Å². The monoisotopic (exact) mass is 951 g/mol. The normalized spacial score (nSPS) is 11.8. The molecule has 2 heterocycles. The molecule has 4 atom stereocenters. The summed E-state index contributed by atoms with van der Waals surface area (Å²) in [6, 6.07) is -1.08. The van der Waals surface area contributed by atoms with Crippen LogP contribution >= 0.6 is 0 Å². The van der Waals surface area contributed by atoms with Crippen LogP contribution in [-0.4, -0.2) is 105 Å². The Bertz CT molecular complexity index is 2140. The summed E-state index contributed by atoms with van der Waals surface area (Å²) in [6.07, 6.45) is -3.62. The van der Waals surface area contributed by atoms with E-state index in [0.717, 1.165) is 0 Å². The maximum absolute atomic E-state index is 12.9. The van der Waals surface area contributed by atoms with Crippen molar-refractivity contribution in [3.63, 3.8) is 0 Å². The minimum absolute atomic E-state index is 0. The zero-order valence-corrected chi connectivity index (χ0v) is 46.7. The molecular weight excluding hydrogens is 913 g/mol. The first-order valence-electron chi connectivity index (χ1n) is 17.8. The smallest absolute Gasteiger partial charge is 0.550 e. The van der Waals surface area contributed by atoms with Gasteiger partial charge in [-0.3, -0.25) is 19.2 Å². The van der Waals surface area contributed by atoms with Gasteiger partial charge >= 0.3 is 148 Å². The number of nitrogens with zero attached hydrogens (tertiary/aromatic N) is 5. The number of nitrogens with two attached hydrogens (primary N) is 2. The molecule has 0 aliphatic carbocycles. The van der Waals surface area contributed by atoms with Crippen molar-refractivity contribution < 1.29 is 216 Å². The van der Waals surface area contributed by atoms with Crippen molar-refractivity contribution in [1.82, 2.24) is 41.2 Å². The third-order valence-corrected chi connectivity index (χ3v) is 8.54. The zero-order valence-electron chi connectivity index (χ0n) is 36.7. The number of hydrogen-bond acceptors (Lipinski definition) is 21. The van der Waals surface area contributed by atoms with Gasteiger partial charge in [0.2, 0.25) is 23.7 Å². The van der Waals surface area contributed by atoms with Crippen LogP contribution < -0.4 is 211 Å². The minimum Gasteiger partial charge on any atom is -0.550 e. The third-order valence-electron chi connectivity index (χ3n) is 8.54. The van der Waals surface area contributed by atoms with E-state index < -0.39 is 129 Å². The maximum atomic E-state index is 12.9. The largest absolute Gasteiger partial charge is 1.00 e. The molecule has 0 bridgehead atoms. The summed E-state index contributed by atoms with van der Waals surface area (Å²) in [6.45, 7) is 0.251. The first-order valence-corrected chi connectivity index (χ1v) is 17.8. The first kappa shape index (κ1) is 66.5. The molecule has 8 N–H and O–H groups in total. The molecule has 30 heteroatoms. The quantitative estimate of drug-likeness (QED) is 0.0454. The number of nitrogens with one attached hydrogen (secondary N) is 4. The van der Waals surface area contributed by atoms with Crippen molar-refractivity contribution in [2.45, 2.75) is 82.1 Å². The molecule has 4 amide bonds. The predicted octanol–water partition coefficient (Wildman–Crippen LogP) is -23.3. The second-order valence-electron chi connectivity index (χ2n) is 13.1. The number of carboxylic acids is 5. The van der Waals surface area contributed by atoms with Crippen LogP contribution in [0, 0.1) is 0 Å². The van der Waals surface area contributed by atoms with Gasteiger partial charge in [-0.1, -0.05) is 0 Å². The fourth-order valence-corrected chi connectivity index (χ4v) is 5.39. The van der Waals surface area contributed by atoms with Crippen LogP contribution in [0.3, 0.4) is 0 Å². The number of amides is 4. The van der Waals surface area contributed by atoms with Gasteiger partial charge in [0.05, 0.1) is 66.5 Å². The van der Waals surface area contributed by atoms with Crippen molar-refractivity contribution in [2.24, 2.45) is 0 Å². The van der Waals surface area contributed by atoms with Crippen LogP contribution in [0.1, 0.15) is 67.4 Å². The first-order chi connectivity index (χ1) is 28.2. The van der Waals surface area contributed by atoms with E-state index in [4.69, 9.17) is 11.5 Å². The molecule has 3 rings (SSSR count). The maximum Gasteiger partial charge on any atom is 1.00 e. The summed E-state index contributed by atoms with van der Waals surface area (Å²) in [5, 5.41) is 64.9. The Morgan fingerprint density at radius 3 is 1.38 bits per heavy atom. The number of anilines is 3. The van der Waals surface area contributed by atoms with Gasteiger partial charge in [-0.2, -0.15) is 9.97 Å². The number of aliphatic carboxylic acids is 5. The number of benzene rings is 1. The van der Waals surface area contributed by atoms with Gasteiger partial charge in [0.25, 0.3) is 5.91 Å². The van der Waals surface area contributed by atoms with Crippen molar-refractivity contribution in [3.05, 3.63) is 41.7 Å². The van der Waals surface area contributed by atoms with E-state index in [1.807, 2.05) is 16.0 Å². The summed E-state index contributed by atoms with van der Waals surface area (Å²) < 4.78 is 0. The minimum atomic E-state index is -1.85. The fraction of sp³-hybridized carbons (Fsp3) is 0.400. The van der Waals surface area contributed by atoms with Crippen LogP contribution in [0.2, 0.25) is 0 Å². The molecule has 1 aromatic carbocycles. The summed E-state index contributed by atoms with van der Waals surface area (Å²) in [4.78, 5) is 125. The number of hydrogen-bond donors (Lipinski definition) is 6. The Labute approximate surface area is 481 Å². The average Bonchev–Trinajstić information content (AvgIpc) is 3.17. The topological polar surface area (TPSA) is 424 Å². The SMILES string of the molecule is CN(Cc1cnc2nc(N)nc(N)c2n1)c1ccc(C(=O)N[C@@H](CCC(=O)N[C@@H](CCC(=O)N[C@@H](CCC(=O)N[C@@H](CCC(=O)[O-])C(=O)[O-])C(=O)[O-])C(=O)[O-])C(=O)[O-])cc1.[Na+].[Na+].[Na+].[Na+].[Na+]. The second-order valence-corrected chi connectivity index (χ2v) is 13.1. The fourth-order valence-electron chi connectivity index (χ4n) is 5.39. The van der Waals surface area contributed by atoms with Crippen LogP contribution in [0.25, 0.3) is 11.2 Å². The number of fused-ring (bicyclic) bond motifs is 1. The van der Waals surface area contributed by atoms with E-state index in [0.29, 0.717) is 11.4 Å². The molecule has 3 aromatic rings. The van der Waals surface area contributed by atoms with Gasteiger partial charge in [0.1, 0.15) is 0 Å². The Hall–Kier alpha value is -2.73. The molecule has 0 aliphatic rings. The number of rotatable bonds is 24. The van der Waals surface area contributed by atoms with Gasteiger partial charge in [-0.25, -0.2) is 9.97 Å². The molecule has 0 saturated heterocycles. The Morgan fingerprint density at radius 1 is 0.585 bits per heavy atom. The number of carbonyl (C=O) groups excluding carboxylic acids is 9. The average molecular weight is 952 g/mol. The van der Waals surface area contributed by atoms with Crippen LogP contribution in [0.4, 0.5) is 17.5 Å². The molecule has 0 fully saturated rings. The summed E-state index contributed by atoms with van der Waals surface area (Å²) in [5.41, 5.74) is 13.1. The summed E-state index contributed by atoms with van der Waals surface area (Å²) in [7, 11) is 1.73. The van der Waals surface area contributed by atoms with E-state index in [9.17, 15) is 68.7 Å². The standard InChI is InChI=1S/C35H43N11O14.5Na/c1-46(15-17-14-38-29-27(39-17)28(36)44-35(37)45-29)18-4-2-16(3-5-18)30(52)43-22(34(59)60)8-12-25(49)41-20(32(55)56)6-10-23(47)40-19(31(53)54)7-11-24(48)42-21(33(57)58)9-13-26(50)51;;;;;/h2-5,14,19-22H,6-13,15H2,1H3,(H,40,47)(H,41,49)(H,42,48)(H,43,52)(H,50,51)(H,53,54)(H,55,56)(H,57,58)(H,59,60)(H4,36,37,38,44,45);;;;;/q;5*+1/p-5/t19-,20-,21-,22-;;;;;/m0...../s1. The number of aromatic nitrogens is 4. The molecule has 0 saturated carbocycles. The molecule has 0 spiro atoms. The molecular formula is C35H38N11Na5O14.